The predicted molar refractivity (Wildman–Crippen MR) is 101 cm³/mol. The lowest BCUT2D eigenvalue weighted by Gasteiger charge is -2.11. The Kier molecular flexibility index (Phi) is 6.54. The molecule has 3 N–H and O–H groups in total. The first-order valence-corrected chi connectivity index (χ1v) is 9.54. The first-order valence-electron chi connectivity index (χ1n) is 8.06. The van der Waals surface area contributed by atoms with E-state index >= 15 is 0 Å². The van der Waals surface area contributed by atoms with E-state index in [1.165, 1.54) is 31.2 Å². The molecule has 0 unspecified atom stereocenters. The molecular weight excluding hydrogens is 370 g/mol. The third kappa shape index (κ3) is 6.08. The number of nitrogens with one attached hydrogen (secondary N) is 3. The number of benzene rings is 2. The lowest BCUT2D eigenvalue weighted by atomic mass is 10.1. The number of ether oxygens (including phenoxy) is 1. The molecule has 0 fully saturated rings. The lowest BCUT2D eigenvalue weighted by molar-refractivity contribution is -0.123. The van der Waals surface area contributed by atoms with Crippen molar-refractivity contribution in [2.45, 2.75) is 25.7 Å². The SMILES string of the molecule is CC(=O)Nc1ccc(S(=O)(=O)NNC(=O)COc2cc(C)ccc2C)cc1. The monoisotopic (exact) mass is 391 g/mol. The third-order valence-electron chi connectivity index (χ3n) is 3.51. The molecule has 2 amide bonds. The van der Waals surface area contributed by atoms with Gasteiger partial charge in [0.25, 0.3) is 15.9 Å². The molecule has 0 heterocycles. The molecule has 0 bridgehead atoms. The summed E-state index contributed by atoms with van der Waals surface area (Å²) in [5, 5.41) is 2.53. The van der Waals surface area contributed by atoms with Crippen LogP contribution in [0.25, 0.3) is 0 Å². The molecule has 27 heavy (non-hydrogen) atoms. The third-order valence-corrected chi connectivity index (χ3v) is 4.78. The number of rotatable bonds is 7. The van der Waals surface area contributed by atoms with Gasteiger partial charge in [-0.1, -0.05) is 12.1 Å². The van der Waals surface area contributed by atoms with Gasteiger partial charge in [0.2, 0.25) is 5.91 Å². The highest BCUT2D eigenvalue weighted by Gasteiger charge is 2.15. The second kappa shape index (κ2) is 8.65. The van der Waals surface area contributed by atoms with E-state index in [0.717, 1.165) is 11.1 Å². The van der Waals surface area contributed by atoms with E-state index in [0.29, 0.717) is 11.4 Å². The number of hydrogen-bond acceptors (Lipinski definition) is 5. The van der Waals surface area contributed by atoms with Crippen LogP contribution in [0, 0.1) is 13.8 Å². The van der Waals surface area contributed by atoms with Gasteiger partial charge in [0.1, 0.15) is 5.75 Å². The van der Waals surface area contributed by atoms with Crippen molar-refractivity contribution in [1.29, 1.82) is 0 Å². The highest BCUT2D eigenvalue weighted by Crippen LogP contribution is 2.18. The van der Waals surface area contributed by atoms with Crippen molar-refractivity contribution in [3.05, 3.63) is 53.6 Å². The first kappa shape index (κ1) is 20.4. The Balaban J connectivity index is 1.91. The van der Waals surface area contributed by atoms with E-state index in [2.05, 4.69) is 10.7 Å². The summed E-state index contributed by atoms with van der Waals surface area (Å²) < 4.78 is 29.8. The van der Waals surface area contributed by atoms with Crippen LogP contribution in [0.15, 0.2) is 47.4 Å². The van der Waals surface area contributed by atoms with Crippen LogP contribution in [0.4, 0.5) is 5.69 Å². The topological polar surface area (TPSA) is 114 Å². The van der Waals surface area contributed by atoms with Crippen LogP contribution in [0.2, 0.25) is 0 Å². The minimum absolute atomic E-state index is 0.0626. The fourth-order valence-electron chi connectivity index (χ4n) is 2.15. The minimum Gasteiger partial charge on any atom is -0.483 e. The van der Waals surface area contributed by atoms with Crippen LogP contribution in [-0.4, -0.2) is 26.8 Å². The van der Waals surface area contributed by atoms with Gasteiger partial charge in [-0.25, -0.2) is 8.42 Å². The van der Waals surface area contributed by atoms with Gasteiger partial charge in [0, 0.05) is 12.6 Å². The predicted octanol–water partition coefficient (Wildman–Crippen LogP) is 1.65. The number of sulfonamides is 1. The van der Waals surface area contributed by atoms with Gasteiger partial charge in [-0.05, 0) is 55.3 Å². The first-order chi connectivity index (χ1) is 12.7. The van der Waals surface area contributed by atoms with E-state index in [-0.39, 0.29) is 17.4 Å². The molecule has 0 saturated heterocycles. The Morgan fingerprint density at radius 1 is 1.04 bits per heavy atom. The molecule has 0 aliphatic rings. The van der Waals surface area contributed by atoms with Crippen LogP contribution in [0.1, 0.15) is 18.1 Å². The number of anilines is 1. The van der Waals surface area contributed by atoms with Gasteiger partial charge >= 0.3 is 0 Å². The van der Waals surface area contributed by atoms with Gasteiger partial charge in [0.05, 0.1) is 4.90 Å². The van der Waals surface area contributed by atoms with Crippen molar-refractivity contribution in [1.82, 2.24) is 10.3 Å². The van der Waals surface area contributed by atoms with Gasteiger partial charge in [0.15, 0.2) is 6.61 Å². The van der Waals surface area contributed by atoms with E-state index in [4.69, 9.17) is 4.74 Å². The molecule has 0 aliphatic heterocycles. The second-order valence-electron chi connectivity index (χ2n) is 5.92. The summed E-state index contributed by atoms with van der Waals surface area (Å²) in [5.74, 6) is -0.351. The van der Waals surface area contributed by atoms with Crippen LogP contribution in [0.5, 0.6) is 5.75 Å². The van der Waals surface area contributed by atoms with Crippen molar-refractivity contribution in [2.24, 2.45) is 0 Å². The zero-order valence-electron chi connectivity index (χ0n) is 15.2. The minimum atomic E-state index is -3.95. The Bertz CT molecular complexity index is 940. The maximum atomic E-state index is 12.2. The summed E-state index contributed by atoms with van der Waals surface area (Å²) in [6.07, 6.45) is 0. The van der Waals surface area contributed by atoms with Crippen molar-refractivity contribution in [3.63, 3.8) is 0 Å². The molecule has 0 radical (unpaired) electrons. The van der Waals surface area contributed by atoms with E-state index in [1.807, 2.05) is 30.8 Å². The second-order valence-corrected chi connectivity index (χ2v) is 7.60. The zero-order chi connectivity index (χ0) is 20.0. The molecular formula is C18H21N3O5S. The Morgan fingerprint density at radius 3 is 2.33 bits per heavy atom. The molecule has 9 heteroatoms. The van der Waals surface area contributed by atoms with Gasteiger partial charge in [-0.2, -0.15) is 0 Å². The standard InChI is InChI=1S/C18H21N3O5S/c1-12-4-5-13(2)17(10-12)26-11-18(23)20-21-27(24,25)16-8-6-15(7-9-16)19-14(3)22/h4-10,21H,11H2,1-3H3,(H,19,22)(H,20,23). The fraction of sp³-hybridized carbons (Fsp3) is 0.222. The molecule has 0 aromatic heterocycles. The summed E-state index contributed by atoms with van der Waals surface area (Å²) in [6.45, 7) is 4.76. The molecule has 2 aromatic rings. The maximum Gasteiger partial charge on any atom is 0.272 e. The van der Waals surface area contributed by atoms with E-state index < -0.39 is 15.9 Å². The molecule has 0 atom stereocenters. The number of amides is 2. The number of carbonyl (C=O) groups excluding carboxylic acids is 2. The lowest BCUT2D eigenvalue weighted by Crippen LogP contribution is -2.43. The fourth-order valence-corrected chi connectivity index (χ4v) is 3.01. The van der Waals surface area contributed by atoms with Crippen LogP contribution >= 0.6 is 0 Å². The van der Waals surface area contributed by atoms with Crippen LogP contribution in [-0.2, 0) is 19.6 Å². The van der Waals surface area contributed by atoms with Crippen molar-refractivity contribution < 1.29 is 22.7 Å². The maximum absolute atomic E-state index is 12.2. The summed E-state index contributed by atoms with van der Waals surface area (Å²) >= 11 is 0. The van der Waals surface area contributed by atoms with E-state index in [9.17, 15) is 18.0 Å². The summed E-state index contributed by atoms with van der Waals surface area (Å²) in [5.41, 5.74) is 4.42. The van der Waals surface area contributed by atoms with Crippen LogP contribution in [0.3, 0.4) is 0 Å². The summed E-state index contributed by atoms with van der Waals surface area (Å²) in [4.78, 5) is 24.8. The molecule has 8 nitrogen and oxygen atoms in total. The quantitative estimate of drug-likeness (QED) is 0.621. The molecule has 0 saturated carbocycles. The van der Waals surface area contributed by atoms with Gasteiger partial charge in [-0.15, -0.1) is 4.83 Å². The average Bonchev–Trinajstić information content (AvgIpc) is 2.61. The van der Waals surface area contributed by atoms with Crippen molar-refractivity contribution in [2.75, 3.05) is 11.9 Å². The largest absolute Gasteiger partial charge is 0.483 e. The van der Waals surface area contributed by atoms with Gasteiger partial charge < -0.3 is 10.1 Å². The number of hydrogen-bond donors (Lipinski definition) is 3. The van der Waals surface area contributed by atoms with Crippen molar-refractivity contribution in [3.8, 4) is 5.75 Å². The molecule has 2 rings (SSSR count). The van der Waals surface area contributed by atoms with E-state index in [1.54, 1.807) is 6.07 Å². The molecule has 2 aromatic carbocycles. The number of hydrazine groups is 1. The molecule has 144 valence electrons. The highest BCUT2D eigenvalue weighted by molar-refractivity contribution is 7.89. The average molecular weight is 391 g/mol. The molecule has 0 spiro atoms. The highest BCUT2D eigenvalue weighted by atomic mass is 32.2. The van der Waals surface area contributed by atoms with Crippen molar-refractivity contribution >= 4 is 27.5 Å². The van der Waals surface area contributed by atoms with Crippen LogP contribution < -0.4 is 20.3 Å². The normalized spacial score (nSPS) is 10.9. The van der Waals surface area contributed by atoms with Gasteiger partial charge in [-0.3, -0.25) is 15.0 Å². The Labute approximate surface area is 157 Å². The smallest absolute Gasteiger partial charge is 0.272 e. The Morgan fingerprint density at radius 2 is 1.70 bits per heavy atom. The zero-order valence-corrected chi connectivity index (χ0v) is 16.0. The number of aryl methyl sites for hydroxylation is 2. The molecule has 0 aliphatic carbocycles. The summed E-state index contributed by atoms with van der Waals surface area (Å²) in [7, 11) is -3.95. The Hall–Kier alpha value is -2.91. The number of carbonyl (C=O) groups is 2. The summed E-state index contributed by atoms with van der Waals surface area (Å²) in [6, 6.07) is 11.1.